The van der Waals surface area contributed by atoms with E-state index in [1.165, 1.54) is 0 Å². The fraction of sp³-hybridized carbons (Fsp3) is 0.438. The zero-order chi connectivity index (χ0) is 16.4. The van der Waals surface area contributed by atoms with E-state index in [1.54, 1.807) is 0 Å². The van der Waals surface area contributed by atoms with Crippen LogP contribution in [0.25, 0.3) is 0 Å². The molecule has 2 heterocycles. The molecule has 7 heteroatoms. The van der Waals surface area contributed by atoms with Gasteiger partial charge in [0.1, 0.15) is 5.75 Å². The van der Waals surface area contributed by atoms with Crippen molar-refractivity contribution in [2.45, 2.75) is 39.3 Å². The van der Waals surface area contributed by atoms with Crippen molar-refractivity contribution in [3.8, 4) is 5.75 Å². The Morgan fingerprint density at radius 3 is 2.91 bits per heavy atom. The molecule has 23 heavy (non-hydrogen) atoms. The molecule has 0 saturated carbocycles. The van der Waals surface area contributed by atoms with Crippen LogP contribution in [0.1, 0.15) is 50.0 Å². The van der Waals surface area contributed by atoms with Gasteiger partial charge in [-0.2, -0.15) is 4.98 Å². The van der Waals surface area contributed by atoms with Gasteiger partial charge >= 0.3 is 0 Å². The second-order valence-electron chi connectivity index (χ2n) is 5.90. The number of carbonyl (C=O) groups is 1. The lowest BCUT2D eigenvalue weighted by molar-refractivity contribution is -0.118. The summed E-state index contributed by atoms with van der Waals surface area (Å²) in [5.74, 6) is 2.08. The molecular weight excluding hydrogens is 296 g/mol. The quantitative estimate of drug-likeness (QED) is 0.880. The number of benzene rings is 1. The van der Waals surface area contributed by atoms with Gasteiger partial charge in [-0.15, -0.1) is 0 Å². The molecule has 1 amide bonds. The molecule has 1 aliphatic rings. The zero-order valence-corrected chi connectivity index (χ0v) is 13.4. The Kier molecular flexibility index (Phi) is 4.29. The summed E-state index contributed by atoms with van der Waals surface area (Å²) in [6.07, 6.45) is 0. The number of nitrogens with zero attached hydrogens (tertiary/aromatic N) is 2. The lowest BCUT2D eigenvalue weighted by atomic mass is 10.1. The first-order valence-corrected chi connectivity index (χ1v) is 7.65. The van der Waals surface area contributed by atoms with Crippen LogP contribution < -0.4 is 15.4 Å². The summed E-state index contributed by atoms with van der Waals surface area (Å²) in [5.41, 5.74) is 1.74. The van der Waals surface area contributed by atoms with Crippen LogP contribution >= 0.6 is 0 Å². The highest BCUT2D eigenvalue weighted by Gasteiger charge is 2.18. The molecule has 122 valence electrons. The van der Waals surface area contributed by atoms with E-state index in [2.05, 4.69) is 20.8 Å². The highest BCUT2D eigenvalue weighted by Crippen LogP contribution is 2.30. The lowest BCUT2D eigenvalue weighted by Gasteiger charge is -2.20. The summed E-state index contributed by atoms with van der Waals surface area (Å²) in [4.78, 5) is 15.7. The van der Waals surface area contributed by atoms with Gasteiger partial charge in [0.15, 0.2) is 12.4 Å². The molecule has 0 radical (unpaired) electrons. The Balaban J connectivity index is 1.64. The molecule has 0 saturated heterocycles. The number of nitrogens with one attached hydrogen (secondary N) is 2. The third kappa shape index (κ3) is 3.50. The second-order valence-corrected chi connectivity index (χ2v) is 5.90. The van der Waals surface area contributed by atoms with Gasteiger partial charge in [-0.05, 0) is 24.6 Å². The first kappa shape index (κ1) is 15.5. The summed E-state index contributed by atoms with van der Waals surface area (Å²) in [6.45, 7) is 6.63. The predicted octanol–water partition coefficient (Wildman–Crippen LogP) is 2.37. The van der Waals surface area contributed by atoms with Crippen molar-refractivity contribution in [3.63, 3.8) is 0 Å². The van der Waals surface area contributed by atoms with Crippen LogP contribution in [0.3, 0.4) is 0 Å². The molecule has 1 unspecified atom stereocenters. The van der Waals surface area contributed by atoms with E-state index < -0.39 is 0 Å². The maximum Gasteiger partial charge on any atom is 0.262 e. The standard InChI is InChI=1S/C16H20N4O3/c1-9(2)16-19-15(23-20-16)7-17-10(3)11-4-5-13-12(6-11)18-14(21)8-22-13/h4-6,9-10,17H,7-8H2,1-3H3,(H,18,21). The maximum absolute atomic E-state index is 11.4. The first-order chi connectivity index (χ1) is 11.0. The normalized spacial score (nSPS) is 15.0. The highest BCUT2D eigenvalue weighted by atomic mass is 16.5. The summed E-state index contributed by atoms with van der Waals surface area (Å²) in [5, 5.41) is 10.1. The van der Waals surface area contributed by atoms with Gasteiger partial charge in [-0.3, -0.25) is 4.79 Å². The van der Waals surface area contributed by atoms with Crippen LogP contribution in [0.2, 0.25) is 0 Å². The highest BCUT2D eigenvalue weighted by molar-refractivity contribution is 5.95. The number of hydrogen-bond donors (Lipinski definition) is 2. The summed E-state index contributed by atoms with van der Waals surface area (Å²) in [6, 6.07) is 5.82. The number of carbonyl (C=O) groups excluding carboxylic acids is 1. The number of fused-ring (bicyclic) bond motifs is 1. The Morgan fingerprint density at radius 2 is 2.17 bits per heavy atom. The monoisotopic (exact) mass is 316 g/mol. The van der Waals surface area contributed by atoms with Crippen molar-refractivity contribution in [1.82, 2.24) is 15.5 Å². The molecule has 2 aromatic rings. The molecule has 2 N–H and O–H groups in total. The van der Waals surface area contributed by atoms with Gasteiger partial charge in [0.25, 0.3) is 5.91 Å². The van der Waals surface area contributed by atoms with Gasteiger partial charge in [0.2, 0.25) is 5.89 Å². The van der Waals surface area contributed by atoms with Gasteiger partial charge < -0.3 is 19.9 Å². The lowest BCUT2D eigenvalue weighted by Crippen LogP contribution is -2.26. The topological polar surface area (TPSA) is 89.3 Å². The number of amides is 1. The third-order valence-corrected chi connectivity index (χ3v) is 3.70. The van der Waals surface area contributed by atoms with Crippen molar-refractivity contribution in [2.24, 2.45) is 0 Å². The van der Waals surface area contributed by atoms with E-state index in [1.807, 2.05) is 39.0 Å². The van der Waals surface area contributed by atoms with Gasteiger partial charge in [-0.1, -0.05) is 25.1 Å². The molecule has 1 aromatic carbocycles. The van der Waals surface area contributed by atoms with Gasteiger partial charge in [0.05, 0.1) is 12.2 Å². The fourth-order valence-electron chi connectivity index (χ4n) is 2.30. The Bertz CT molecular complexity index is 711. The van der Waals surface area contributed by atoms with Crippen LogP contribution in [0.5, 0.6) is 5.75 Å². The molecule has 3 rings (SSSR count). The third-order valence-electron chi connectivity index (χ3n) is 3.70. The average molecular weight is 316 g/mol. The van der Waals surface area contributed by atoms with E-state index in [-0.39, 0.29) is 24.5 Å². The second kappa shape index (κ2) is 6.37. The Morgan fingerprint density at radius 1 is 1.35 bits per heavy atom. The predicted molar refractivity (Wildman–Crippen MR) is 84.2 cm³/mol. The molecule has 1 aromatic heterocycles. The number of anilines is 1. The van der Waals surface area contributed by atoms with Crippen molar-refractivity contribution < 1.29 is 14.1 Å². The summed E-state index contributed by atoms with van der Waals surface area (Å²) < 4.78 is 10.6. The molecule has 0 bridgehead atoms. The number of aromatic nitrogens is 2. The molecule has 7 nitrogen and oxygen atoms in total. The number of ether oxygens (including phenoxy) is 1. The molecule has 1 aliphatic heterocycles. The first-order valence-electron chi connectivity index (χ1n) is 7.65. The number of rotatable bonds is 5. The van der Waals surface area contributed by atoms with E-state index in [0.29, 0.717) is 29.7 Å². The van der Waals surface area contributed by atoms with Crippen LogP contribution in [-0.4, -0.2) is 22.7 Å². The maximum atomic E-state index is 11.4. The minimum atomic E-state index is -0.137. The van der Waals surface area contributed by atoms with E-state index in [0.717, 1.165) is 5.56 Å². The molecular formula is C16H20N4O3. The molecule has 0 fully saturated rings. The van der Waals surface area contributed by atoms with Crippen molar-refractivity contribution in [1.29, 1.82) is 0 Å². The van der Waals surface area contributed by atoms with Gasteiger partial charge in [-0.25, -0.2) is 0 Å². The van der Waals surface area contributed by atoms with Crippen molar-refractivity contribution >= 4 is 11.6 Å². The molecule has 0 spiro atoms. The van der Waals surface area contributed by atoms with Crippen LogP contribution in [-0.2, 0) is 11.3 Å². The van der Waals surface area contributed by atoms with Crippen molar-refractivity contribution in [2.75, 3.05) is 11.9 Å². The Hall–Kier alpha value is -2.41. The van der Waals surface area contributed by atoms with Crippen LogP contribution in [0, 0.1) is 0 Å². The minimum absolute atomic E-state index is 0.0635. The van der Waals surface area contributed by atoms with Gasteiger partial charge in [0, 0.05) is 12.0 Å². The minimum Gasteiger partial charge on any atom is -0.482 e. The smallest absolute Gasteiger partial charge is 0.262 e. The Labute approximate surface area is 134 Å². The van der Waals surface area contributed by atoms with E-state index in [4.69, 9.17) is 9.26 Å². The molecule has 0 aliphatic carbocycles. The number of hydrogen-bond acceptors (Lipinski definition) is 6. The SMILES string of the molecule is CC(C)c1noc(CNC(C)c2ccc3c(c2)NC(=O)CO3)n1. The average Bonchev–Trinajstić information content (AvgIpc) is 3.01. The largest absolute Gasteiger partial charge is 0.482 e. The van der Waals surface area contributed by atoms with Crippen LogP contribution in [0.15, 0.2) is 22.7 Å². The van der Waals surface area contributed by atoms with E-state index >= 15 is 0 Å². The zero-order valence-electron chi connectivity index (χ0n) is 13.4. The van der Waals surface area contributed by atoms with Crippen LogP contribution in [0.4, 0.5) is 5.69 Å². The summed E-state index contributed by atoms with van der Waals surface area (Å²) in [7, 11) is 0. The summed E-state index contributed by atoms with van der Waals surface area (Å²) >= 11 is 0. The fourth-order valence-corrected chi connectivity index (χ4v) is 2.30. The van der Waals surface area contributed by atoms with Crippen molar-refractivity contribution in [3.05, 3.63) is 35.5 Å². The van der Waals surface area contributed by atoms with E-state index in [9.17, 15) is 4.79 Å². The molecule has 1 atom stereocenters.